The molecule has 7 nitrogen and oxygen atoms in total. The van der Waals surface area contributed by atoms with E-state index >= 15 is 0 Å². The number of carbonyl (C=O) groups excluding carboxylic acids is 1. The molecule has 1 heterocycles. The molecule has 9 heteroatoms. The third-order valence-electron chi connectivity index (χ3n) is 5.34. The Kier molecular flexibility index (Phi) is 8.32. The second-order valence-corrected chi connectivity index (χ2v) is 9.27. The molecule has 0 unspecified atom stereocenters. The second kappa shape index (κ2) is 11.8. The van der Waals surface area contributed by atoms with E-state index in [0.717, 1.165) is 11.1 Å². The summed E-state index contributed by atoms with van der Waals surface area (Å²) in [5, 5.41) is 10.3. The van der Waals surface area contributed by atoms with Crippen LogP contribution in [0.4, 0.5) is 5.69 Å². The van der Waals surface area contributed by atoms with Gasteiger partial charge in [0, 0.05) is 17.1 Å². The Morgan fingerprint density at radius 1 is 1.14 bits per heavy atom. The predicted octanol–water partition coefficient (Wildman–Crippen LogP) is 6.42. The number of nitrogens with zero attached hydrogens (tertiary/aromatic N) is 2. The van der Waals surface area contributed by atoms with Gasteiger partial charge < -0.3 is 14.6 Å². The van der Waals surface area contributed by atoms with Crippen LogP contribution in [0.5, 0.6) is 11.5 Å². The Bertz CT molecular complexity index is 1420. The molecule has 1 N–H and O–H groups in total. The molecule has 1 saturated heterocycles. The van der Waals surface area contributed by atoms with Gasteiger partial charge in [-0.25, -0.2) is 9.79 Å². The van der Waals surface area contributed by atoms with Crippen LogP contribution in [0.1, 0.15) is 21.5 Å². The van der Waals surface area contributed by atoms with Gasteiger partial charge in [-0.3, -0.25) is 9.69 Å². The zero-order valence-corrected chi connectivity index (χ0v) is 21.5. The molecule has 3 aromatic carbocycles. The lowest BCUT2D eigenvalue weighted by Gasteiger charge is -2.13. The average Bonchev–Trinajstić information content (AvgIpc) is 3.17. The molecule has 1 aliphatic heterocycles. The lowest BCUT2D eigenvalue weighted by atomic mass is 10.1. The second-order valence-electron chi connectivity index (χ2n) is 7.86. The van der Waals surface area contributed by atoms with E-state index in [1.54, 1.807) is 49.6 Å². The van der Waals surface area contributed by atoms with Crippen LogP contribution in [0.3, 0.4) is 0 Å². The van der Waals surface area contributed by atoms with Gasteiger partial charge in [-0.2, -0.15) is 0 Å². The molecule has 0 saturated carbocycles. The van der Waals surface area contributed by atoms with Gasteiger partial charge in [0.25, 0.3) is 5.91 Å². The highest BCUT2D eigenvalue weighted by atomic mass is 35.5. The summed E-state index contributed by atoms with van der Waals surface area (Å²) in [6.45, 7) is 4.27. The number of hydrogen-bond acceptors (Lipinski definition) is 6. The highest BCUT2D eigenvalue weighted by Gasteiger charge is 2.32. The van der Waals surface area contributed by atoms with E-state index in [1.807, 2.05) is 24.3 Å². The number of hydrogen-bond donors (Lipinski definition) is 1. The van der Waals surface area contributed by atoms with Crippen LogP contribution < -0.4 is 9.47 Å². The fraction of sp³-hybridized carbons (Fsp3) is 0.107. The summed E-state index contributed by atoms with van der Waals surface area (Å²) in [6, 6.07) is 19.1. The van der Waals surface area contributed by atoms with Crippen LogP contribution >= 0.6 is 23.4 Å². The molecule has 1 aliphatic rings. The Morgan fingerprint density at radius 3 is 2.68 bits per heavy atom. The number of halogens is 1. The fourth-order valence-corrected chi connectivity index (χ4v) is 4.71. The number of amides is 1. The summed E-state index contributed by atoms with van der Waals surface area (Å²) in [5.41, 5.74) is 2.15. The van der Waals surface area contributed by atoms with Crippen molar-refractivity contribution < 1.29 is 24.2 Å². The molecule has 1 amide bonds. The quantitative estimate of drug-likeness (QED) is 0.252. The first-order valence-corrected chi connectivity index (χ1v) is 12.4. The highest BCUT2D eigenvalue weighted by Crippen LogP contribution is 2.36. The van der Waals surface area contributed by atoms with Crippen molar-refractivity contribution in [3.8, 4) is 11.5 Å². The first kappa shape index (κ1) is 26.1. The normalized spacial score (nSPS) is 15.3. The van der Waals surface area contributed by atoms with Gasteiger partial charge in [-0.1, -0.05) is 48.0 Å². The maximum atomic E-state index is 13.1. The van der Waals surface area contributed by atoms with E-state index in [4.69, 9.17) is 21.1 Å². The summed E-state index contributed by atoms with van der Waals surface area (Å²) in [4.78, 5) is 30.9. The summed E-state index contributed by atoms with van der Waals surface area (Å²) in [6.07, 6.45) is 3.36. The van der Waals surface area contributed by atoms with Crippen molar-refractivity contribution >= 4 is 52.2 Å². The molecule has 0 bridgehead atoms. The largest absolute Gasteiger partial charge is 0.493 e. The first-order chi connectivity index (χ1) is 17.9. The van der Waals surface area contributed by atoms with Crippen molar-refractivity contribution in [3.63, 3.8) is 0 Å². The van der Waals surface area contributed by atoms with Gasteiger partial charge in [0.05, 0.1) is 23.3 Å². The minimum absolute atomic E-state index is 0.117. The molecule has 37 heavy (non-hydrogen) atoms. The molecule has 1 fully saturated rings. The van der Waals surface area contributed by atoms with E-state index in [0.29, 0.717) is 32.3 Å². The molecular formula is C28H23ClN2O5S. The molecule has 4 rings (SSSR count). The Labute approximate surface area is 223 Å². The fourth-order valence-electron chi connectivity index (χ4n) is 3.52. The SMILES string of the molecule is C=CCN1C(=O)/C(=C/c2ccc(OCc3ccccc3Cl)c(OC)c2)SC1=Nc1cccc(C(=O)O)c1. The Hall–Kier alpha value is -4.01. The Morgan fingerprint density at radius 2 is 1.95 bits per heavy atom. The Balaban J connectivity index is 1.58. The number of amidine groups is 1. The number of benzene rings is 3. The average molecular weight is 535 g/mol. The maximum Gasteiger partial charge on any atom is 0.335 e. The van der Waals surface area contributed by atoms with Crippen molar-refractivity contribution in [2.24, 2.45) is 4.99 Å². The van der Waals surface area contributed by atoms with Crippen LogP contribution in [0.25, 0.3) is 6.08 Å². The maximum absolute atomic E-state index is 13.1. The molecule has 0 atom stereocenters. The summed E-state index contributed by atoms with van der Waals surface area (Å²) < 4.78 is 11.4. The van der Waals surface area contributed by atoms with Crippen molar-refractivity contribution in [2.45, 2.75) is 6.61 Å². The third-order valence-corrected chi connectivity index (χ3v) is 6.72. The van der Waals surface area contributed by atoms with Crippen LogP contribution in [-0.2, 0) is 11.4 Å². The van der Waals surface area contributed by atoms with Crippen molar-refractivity contribution in [2.75, 3.05) is 13.7 Å². The smallest absolute Gasteiger partial charge is 0.335 e. The highest BCUT2D eigenvalue weighted by molar-refractivity contribution is 8.18. The molecule has 0 radical (unpaired) electrons. The van der Waals surface area contributed by atoms with E-state index in [-0.39, 0.29) is 24.6 Å². The zero-order chi connectivity index (χ0) is 26.4. The van der Waals surface area contributed by atoms with Crippen molar-refractivity contribution in [3.05, 3.63) is 106 Å². The summed E-state index contributed by atoms with van der Waals surface area (Å²) >= 11 is 7.42. The standard InChI is InChI=1S/C28H23ClN2O5S/c1-3-13-31-26(32)25(37-28(31)30-21-9-6-8-19(16-21)27(33)34)15-18-11-12-23(24(14-18)35-2)36-17-20-7-4-5-10-22(20)29/h3-12,14-16H,1,13,17H2,2H3,(H,33,34)/b25-15-,30-28?. The van der Waals surface area contributed by atoms with Crippen LogP contribution in [-0.4, -0.2) is 40.7 Å². The van der Waals surface area contributed by atoms with E-state index in [9.17, 15) is 14.7 Å². The van der Waals surface area contributed by atoms with Gasteiger partial charge in [0.15, 0.2) is 16.7 Å². The van der Waals surface area contributed by atoms with Gasteiger partial charge in [-0.05, 0) is 59.8 Å². The topological polar surface area (TPSA) is 88.4 Å². The number of thioether (sulfide) groups is 1. The van der Waals surface area contributed by atoms with Gasteiger partial charge in [-0.15, -0.1) is 6.58 Å². The van der Waals surface area contributed by atoms with Crippen molar-refractivity contribution in [1.82, 2.24) is 4.90 Å². The number of aliphatic imine (C=N–C) groups is 1. The summed E-state index contributed by atoms with van der Waals surface area (Å²) in [5.74, 6) is -0.215. The molecule has 0 spiro atoms. The molecule has 0 aromatic heterocycles. The van der Waals surface area contributed by atoms with E-state index < -0.39 is 5.97 Å². The van der Waals surface area contributed by atoms with Crippen LogP contribution in [0, 0.1) is 0 Å². The minimum Gasteiger partial charge on any atom is -0.493 e. The third kappa shape index (κ3) is 6.22. The van der Waals surface area contributed by atoms with Gasteiger partial charge >= 0.3 is 5.97 Å². The number of carboxylic acids is 1. The van der Waals surface area contributed by atoms with Crippen LogP contribution in [0.15, 0.2) is 89.3 Å². The lowest BCUT2D eigenvalue weighted by molar-refractivity contribution is -0.121. The molecular weight excluding hydrogens is 512 g/mol. The monoisotopic (exact) mass is 534 g/mol. The number of aromatic carboxylic acids is 1. The van der Waals surface area contributed by atoms with Crippen molar-refractivity contribution in [1.29, 1.82) is 0 Å². The first-order valence-electron chi connectivity index (χ1n) is 11.2. The zero-order valence-electron chi connectivity index (χ0n) is 19.9. The number of ether oxygens (including phenoxy) is 2. The van der Waals surface area contributed by atoms with Crippen LogP contribution in [0.2, 0.25) is 5.02 Å². The van der Waals surface area contributed by atoms with E-state index in [2.05, 4.69) is 11.6 Å². The molecule has 0 aliphatic carbocycles. The molecule has 3 aromatic rings. The van der Waals surface area contributed by atoms with Gasteiger partial charge in [0.2, 0.25) is 0 Å². The van der Waals surface area contributed by atoms with Gasteiger partial charge in [0.1, 0.15) is 6.61 Å². The number of methoxy groups -OCH3 is 1. The number of rotatable bonds is 9. The van der Waals surface area contributed by atoms with E-state index in [1.165, 1.54) is 28.8 Å². The molecule has 188 valence electrons. The summed E-state index contributed by atoms with van der Waals surface area (Å²) in [7, 11) is 1.55. The lowest BCUT2D eigenvalue weighted by Crippen LogP contribution is -2.29. The number of carbonyl (C=O) groups is 2. The predicted molar refractivity (Wildman–Crippen MR) is 147 cm³/mol. The number of carboxylic acid groups (broad SMARTS) is 1. The minimum atomic E-state index is -1.05.